The van der Waals surface area contributed by atoms with Gasteiger partial charge in [0, 0.05) is 23.2 Å². The Kier molecular flexibility index (Phi) is 5.39. The van der Waals surface area contributed by atoms with Gasteiger partial charge in [-0.1, -0.05) is 30.0 Å². The number of para-hydroxylation sites is 1. The van der Waals surface area contributed by atoms with Crippen molar-refractivity contribution >= 4 is 11.8 Å². The zero-order valence-corrected chi connectivity index (χ0v) is 16.2. The van der Waals surface area contributed by atoms with Crippen molar-refractivity contribution in [3.8, 4) is 17.1 Å². The fraction of sp³-hybridized carbons (Fsp3) is 0.100. The molecular formula is C20H16FN5O2S. The predicted octanol–water partition coefficient (Wildman–Crippen LogP) is 3.25. The number of hydrogen-bond donors (Lipinski definition) is 0. The van der Waals surface area contributed by atoms with E-state index >= 15 is 0 Å². The molecule has 7 nitrogen and oxygen atoms in total. The molecule has 2 aromatic heterocycles. The summed E-state index contributed by atoms with van der Waals surface area (Å²) in [5.41, 5.74) is 2.02. The number of thioether (sulfide) groups is 1. The highest BCUT2D eigenvalue weighted by Crippen LogP contribution is 2.24. The van der Waals surface area contributed by atoms with Crippen LogP contribution in [0.3, 0.4) is 0 Å². The first-order valence-electron chi connectivity index (χ1n) is 8.68. The molecule has 0 fully saturated rings. The molecule has 4 aromatic rings. The summed E-state index contributed by atoms with van der Waals surface area (Å²) < 4.78 is 21.9. The molecule has 2 heterocycles. The molecule has 0 N–H and O–H groups in total. The van der Waals surface area contributed by atoms with Crippen LogP contribution in [0.5, 0.6) is 5.75 Å². The van der Waals surface area contributed by atoms with E-state index in [1.54, 1.807) is 27.6 Å². The molecule has 2 aromatic carbocycles. The molecule has 0 bridgehead atoms. The summed E-state index contributed by atoms with van der Waals surface area (Å²) >= 11 is 1.39. The first kappa shape index (κ1) is 18.9. The van der Waals surface area contributed by atoms with E-state index in [4.69, 9.17) is 4.74 Å². The van der Waals surface area contributed by atoms with Crippen LogP contribution < -0.4 is 10.2 Å². The first-order valence-corrected chi connectivity index (χ1v) is 9.66. The molecule has 0 radical (unpaired) electrons. The lowest BCUT2D eigenvalue weighted by molar-refractivity contribution is 0.407. The van der Waals surface area contributed by atoms with Gasteiger partial charge in [-0.15, -0.1) is 5.10 Å². The van der Waals surface area contributed by atoms with Crippen molar-refractivity contribution in [2.24, 2.45) is 0 Å². The van der Waals surface area contributed by atoms with E-state index in [9.17, 15) is 9.18 Å². The molecule has 29 heavy (non-hydrogen) atoms. The van der Waals surface area contributed by atoms with Crippen LogP contribution in [0.1, 0.15) is 5.69 Å². The Balaban J connectivity index is 1.68. The van der Waals surface area contributed by atoms with E-state index in [1.807, 2.05) is 30.3 Å². The largest absolute Gasteiger partial charge is 0.491 e. The Morgan fingerprint density at radius 2 is 1.83 bits per heavy atom. The van der Waals surface area contributed by atoms with Gasteiger partial charge in [-0.05, 0) is 46.8 Å². The Hall–Kier alpha value is -3.46. The SMILES string of the molecule is COc1cn(-c2ccc(F)cc2)c(CSc2nnnn2-c2ccccc2)cc1=O. The van der Waals surface area contributed by atoms with Crippen molar-refractivity contribution < 1.29 is 9.13 Å². The monoisotopic (exact) mass is 409 g/mol. The van der Waals surface area contributed by atoms with Crippen molar-refractivity contribution in [2.75, 3.05) is 7.11 Å². The van der Waals surface area contributed by atoms with Crippen molar-refractivity contribution in [2.45, 2.75) is 10.9 Å². The molecule has 9 heteroatoms. The van der Waals surface area contributed by atoms with Crippen LogP contribution in [0.15, 0.2) is 76.8 Å². The number of halogens is 1. The number of methoxy groups -OCH3 is 1. The quantitative estimate of drug-likeness (QED) is 0.455. The topological polar surface area (TPSA) is 74.8 Å². The van der Waals surface area contributed by atoms with Crippen LogP contribution >= 0.6 is 11.8 Å². The molecule has 0 spiro atoms. The maximum atomic E-state index is 13.3. The maximum absolute atomic E-state index is 13.3. The van der Waals surface area contributed by atoms with E-state index in [2.05, 4.69) is 15.5 Å². The molecule has 0 amide bonds. The van der Waals surface area contributed by atoms with Gasteiger partial charge >= 0.3 is 0 Å². The molecule has 0 unspecified atom stereocenters. The number of aromatic nitrogens is 5. The van der Waals surface area contributed by atoms with Gasteiger partial charge in [-0.25, -0.2) is 4.39 Å². The molecular weight excluding hydrogens is 393 g/mol. The van der Waals surface area contributed by atoms with Crippen molar-refractivity contribution in [3.63, 3.8) is 0 Å². The minimum Gasteiger partial charge on any atom is -0.491 e. The summed E-state index contributed by atoms with van der Waals surface area (Å²) in [5.74, 6) is 0.293. The second-order valence-corrected chi connectivity index (χ2v) is 6.98. The second-order valence-electron chi connectivity index (χ2n) is 6.04. The predicted molar refractivity (Wildman–Crippen MR) is 107 cm³/mol. The van der Waals surface area contributed by atoms with E-state index in [-0.39, 0.29) is 17.0 Å². The molecule has 0 aliphatic rings. The Morgan fingerprint density at radius 1 is 1.07 bits per heavy atom. The second kappa shape index (κ2) is 8.27. The van der Waals surface area contributed by atoms with Gasteiger partial charge in [0.15, 0.2) is 5.75 Å². The van der Waals surface area contributed by atoms with Crippen LogP contribution in [0, 0.1) is 5.82 Å². The third kappa shape index (κ3) is 4.04. The highest BCUT2D eigenvalue weighted by molar-refractivity contribution is 7.98. The standard InChI is InChI=1S/C20H16FN5O2S/c1-28-19-12-25(15-9-7-14(21)8-10-15)17(11-18(19)27)13-29-20-22-23-24-26(20)16-5-3-2-4-6-16/h2-12H,13H2,1H3. The summed E-state index contributed by atoms with van der Waals surface area (Å²) in [6.45, 7) is 0. The van der Waals surface area contributed by atoms with Gasteiger partial charge in [0.1, 0.15) is 5.82 Å². The van der Waals surface area contributed by atoms with Gasteiger partial charge < -0.3 is 9.30 Å². The van der Waals surface area contributed by atoms with Gasteiger partial charge in [-0.2, -0.15) is 4.68 Å². The fourth-order valence-corrected chi connectivity index (χ4v) is 3.66. The van der Waals surface area contributed by atoms with Gasteiger partial charge in [-0.3, -0.25) is 4.79 Å². The van der Waals surface area contributed by atoms with Crippen molar-refractivity contribution in [1.29, 1.82) is 0 Å². The van der Waals surface area contributed by atoms with E-state index in [1.165, 1.54) is 37.1 Å². The minimum absolute atomic E-state index is 0.206. The van der Waals surface area contributed by atoms with Crippen LogP contribution in [0.2, 0.25) is 0 Å². The molecule has 4 rings (SSSR count). The molecule has 0 aliphatic heterocycles. The number of hydrogen-bond acceptors (Lipinski definition) is 6. The molecule has 146 valence electrons. The van der Waals surface area contributed by atoms with E-state index in [0.29, 0.717) is 22.3 Å². The van der Waals surface area contributed by atoms with Crippen LogP contribution in [0.4, 0.5) is 4.39 Å². The number of nitrogens with zero attached hydrogens (tertiary/aromatic N) is 5. The number of rotatable bonds is 6. The zero-order chi connectivity index (χ0) is 20.2. The smallest absolute Gasteiger partial charge is 0.223 e. The number of benzene rings is 2. The lowest BCUT2D eigenvalue weighted by atomic mass is 10.2. The molecule has 0 saturated heterocycles. The Morgan fingerprint density at radius 3 is 2.55 bits per heavy atom. The summed E-state index contributed by atoms with van der Waals surface area (Å²) in [6.07, 6.45) is 1.60. The summed E-state index contributed by atoms with van der Waals surface area (Å²) in [7, 11) is 1.44. The highest BCUT2D eigenvalue weighted by atomic mass is 32.2. The lowest BCUT2D eigenvalue weighted by Gasteiger charge is -2.15. The van der Waals surface area contributed by atoms with Crippen molar-refractivity contribution in [1.82, 2.24) is 24.8 Å². The third-order valence-corrected chi connectivity index (χ3v) is 5.16. The highest BCUT2D eigenvalue weighted by Gasteiger charge is 2.13. The third-order valence-electron chi connectivity index (χ3n) is 4.21. The van der Waals surface area contributed by atoms with Crippen LogP contribution in [-0.2, 0) is 5.75 Å². The van der Waals surface area contributed by atoms with Gasteiger partial charge in [0.2, 0.25) is 10.6 Å². The first-order chi connectivity index (χ1) is 14.2. The number of tetrazole rings is 1. The number of pyridine rings is 1. The lowest BCUT2D eigenvalue weighted by Crippen LogP contribution is -2.13. The summed E-state index contributed by atoms with van der Waals surface area (Å²) in [5, 5.41) is 12.5. The normalized spacial score (nSPS) is 10.8. The molecule has 0 atom stereocenters. The van der Waals surface area contributed by atoms with E-state index < -0.39 is 0 Å². The van der Waals surface area contributed by atoms with Gasteiger partial charge in [0.25, 0.3) is 0 Å². The summed E-state index contributed by atoms with van der Waals surface area (Å²) in [6, 6.07) is 17.1. The Bertz CT molecular complexity index is 1180. The summed E-state index contributed by atoms with van der Waals surface area (Å²) in [4.78, 5) is 12.3. The Labute approximate surface area is 169 Å². The minimum atomic E-state index is -0.334. The fourth-order valence-electron chi connectivity index (χ4n) is 2.80. The van der Waals surface area contributed by atoms with Crippen LogP contribution in [-0.4, -0.2) is 31.9 Å². The van der Waals surface area contributed by atoms with Crippen molar-refractivity contribution in [3.05, 3.63) is 88.6 Å². The van der Waals surface area contributed by atoms with E-state index in [0.717, 1.165) is 5.69 Å². The molecule has 0 saturated carbocycles. The van der Waals surface area contributed by atoms with Gasteiger partial charge in [0.05, 0.1) is 19.0 Å². The maximum Gasteiger partial charge on any atom is 0.223 e. The van der Waals surface area contributed by atoms with Crippen LogP contribution in [0.25, 0.3) is 11.4 Å². The average Bonchev–Trinajstić information content (AvgIpc) is 3.22. The number of ether oxygens (including phenoxy) is 1. The molecule has 0 aliphatic carbocycles. The average molecular weight is 409 g/mol. The zero-order valence-electron chi connectivity index (χ0n) is 15.4.